The van der Waals surface area contributed by atoms with Gasteiger partial charge in [-0.2, -0.15) is 0 Å². The molecule has 7 N–H and O–H groups in total. The van der Waals surface area contributed by atoms with Crippen molar-refractivity contribution in [2.45, 2.75) is 76.3 Å². The van der Waals surface area contributed by atoms with E-state index in [0.717, 1.165) is 27.2 Å². The van der Waals surface area contributed by atoms with Crippen LogP contribution in [0.25, 0.3) is 22.1 Å². The van der Waals surface area contributed by atoms with Crippen molar-refractivity contribution in [2.24, 2.45) is 5.73 Å². The summed E-state index contributed by atoms with van der Waals surface area (Å²) in [6, 6.07) is 19.2. The van der Waals surface area contributed by atoms with Crippen molar-refractivity contribution in [1.29, 1.82) is 0 Å². The second-order valence-electron chi connectivity index (χ2n) is 10.9. The van der Waals surface area contributed by atoms with Gasteiger partial charge in [0.05, 0.1) is 17.1 Å². The number of aromatic nitrogens is 4. The molecule has 0 atom stereocenters. The zero-order chi connectivity index (χ0) is 30.4. The Bertz CT molecular complexity index is 1560. The minimum Gasteiger partial charge on any atom is -0.478 e. The number of aromatic amines is 2. The molecule has 2 aliphatic carbocycles. The number of nitrogens with two attached hydrogens (primary N) is 1. The maximum Gasteiger partial charge on any atom is 0.335 e. The van der Waals surface area contributed by atoms with E-state index in [4.69, 9.17) is 27.6 Å². The lowest BCUT2D eigenvalue weighted by Gasteiger charge is -2.23. The monoisotopic (exact) mass is 605 g/mol. The number of H-pyrrole nitrogens is 2. The Morgan fingerprint density at radius 1 is 0.884 bits per heavy atom. The fraction of sp³-hybridized carbons (Fsp3) is 0.364. The number of hydrogen-bond donors (Lipinski definition) is 6. The molecule has 7 rings (SSSR count). The quantitative estimate of drug-likeness (QED) is 0.0939. The van der Waals surface area contributed by atoms with Crippen LogP contribution in [0.1, 0.15) is 74.6 Å². The maximum atomic E-state index is 10.3. The summed E-state index contributed by atoms with van der Waals surface area (Å²) in [5, 5.41) is 23.8. The molecule has 10 heteroatoms. The molecule has 228 valence electrons. The van der Waals surface area contributed by atoms with Gasteiger partial charge in [-0.25, -0.2) is 14.8 Å². The largest absolute Gasteiger partial charge is 0.478 e. The molecule has 1 aromatic carbocycles. The van der Waals surface area contributed by atoms with Gasteiger partial charge in [0, 0.05) is 28.7 Å². The van der Waals surface area contributed by atoms with Crippen LogP contribution in [0, 0.1) is 0 Å². The van der Waals surface area contributed by atoms with Crippen molar-refractivity contribution < 1.29 is 19.8 Å². The highest BCUT2D eigenvalue weighted by molar-refractivity contribution is 6.30. The lowest BCUT2D eigenvalue weighted by Crippen LogP contribution is -2.29. The number of fused-ring (bicyclic) bond motifs is 2. The van der Waals surface area contributed by atoms with Crippen LogP contribution in [-0.4, -0.2) is 43.3 Å². The number of nitrogens with zero attached hydrogens (tertiary/aromatic N) is 2. The second-order valence-corrected chi connectivity index (χ2v) is 11.4. The Morgan fingerprint density at radius 3 is 2.21 bits per heavy atom. The molecule has 2 saturated carbocycles. The molecular weight excluding hydrogens is 564 g/mol. The van der Waals surface area contributed by atoms with Crippen LogP contribution < -0.4 is 15.8 Å². The van der Waals surface area contributed by atoms with Gasteiger partial charge in [0.2, 0.25) is 0 Å². The smallest absolute Gasteiger partial charge is 0.335 e. The van der Waals surface area contributed by atoms with E-state index in [9.17, 15) is 4.79 Å². The second kappa shape index (κ2) is 16.5. The first-order valence-corrected chi connectivity index (χ1v) is 15.4. The molecule has 0 saturated heterocycles. The number of anilines is 1. The minimum atomic E-state index is -0.956. The minimum absolute atomic E-state index is 0.215. The molecule has 5 aromatic rings. The summed E-state index contributed by atoms with van der Waals surface area (Å²) < 4.78 is 1.06. The molecule has 0 spiro atoms. The molecule has 43 heavy (non-hydrogen) atoms. The van der Waals surface area contributed by atoms with E-state index >= 15 is 0 Å². The average molecular weight is 606 g/mol. The van der Waals surface area contributed by atoms with E-state index in [1.54, 1.807) is 30.6 Å². The molecule has 9 nitrogen and oxygen atoms in total. The highest BCUT2D eigenvalue weighted by Gasteiger charge is 2.13. The van der Waals surface area contributed by atoms with Gasteiger partial charge in [-0.3, -0.25) is 0 Å². The number of carboxylic acid groups (broad SMARTS) is 1. The van der Waals surface area contributed by atoms with Gasteiger partial charge in [-0.1, -0.05) is 60.9 Å². The molecule has 4 heterocycles. The van der Waals surface area contributed by atoms with E-state index in [0.29, 0.717) is 17.1 Å². The molecule has 0 radical (unpaired) electrons. The first kappa shape index (κ1) is 31.8. The predicted molar refractivity (Wildman–Crippen MR) is 172 cm³/mol. The van der Waals surface area contributed by atoms with Crippen LogP contribution in [0.2, 0.25) is 5.02 Å². The van der Waals surface area contributed by atoms with Gasteiger partial charge in [0.25, 0.3) is 0 Å². The number of hydrogen-bond acceptors (Lipinski definition) is 5. The van der Waals surface area contributed by atoms with Gasteiger partial charge >= 0.3 is 11.6 Å². The van der Waals surface area contributed by atoms with E-state index in [2.05, 4.69) is 32.4 Å². The van der Waals surface area contributed by atoms with Gasteiger partial charge in [0.15, 0.2) is 0 Å². The van der Waals surface area contributed by atoms with Crippen molar-refractivity contribution in [3.8, 4) is 0 Å². The van der Waals surface area contributed by atoms with Gasteiger partial charge < -0.3 is 26.3 Å². The topological polar surface area (TPSA) is 144 Å². The number of aromatic carboxylic acids is 1. The SMILES string of the molecule is NC1CCCCC1.O=C(O)c1cccc(Cl)c1.O[n+]1cccc2cc[nH]c21.c1cc2ccc(NC3CCCCC3)nc2[nH]1. The molecular formula is C33H42ClN6O3+. The number of benzene rings is 1. The van der Waals surface area contributed by atoms with Crippen molar-refractivity contribution in [1.82, 2.24) is 15.0 Å². The molecule has 0 bridgehead atoms. The zero-order valence-corrected chi connectivity index (χ0v) is 25.1. The Balaban J connectivity index is 0.000000138. The Morgan fingerprint density at radius 2 is 1.58 bits per heavy atom. The van der Waals surface area contributed by atoms with E-state index in [1.807, 2.05) is 24.4 Å². The number of carbonyl (C=O) groups is 1. The fourth-order valence-corrected chi connectivity index (χ4v) is 5.42. The first-order valence-electron chi connectivity index (χ1n) is 15.0. The van der Waals surface area contributed by atoms with Crippen LogP contribution in [0.15, 0.2) is 79.3 Å². The summed E-state index contributed by atoms with van der Waals surface area (Å²) in [6.07, 6.45) is 18.6. The van der Waals surface area contributed by atoms with Crippen LogP contribution >= 0.6 is 11.6 Å². The number of pyridine rings is 2. The van der Waals surface area contributed by atoms with E-state index in [-0.39, 0.29) is 5.56 Å². The Kier molecular flexibility index (Phi) is 12.2. The highest BCUT2D eigenvalue weighted by Crippen LogP contribution is 2.22. The van der Waals surface area contributed by atoms with Crippen molar-refractivity contribution in [2.75, 3.05) is 5.32 Å². The maximum absolute atomic E-state index is 10.3. The van der Waals surface area contributed by atoms with Crippen LogP contribution in [0.3, 0.4) is 0 Å². The molecule has 2 aliphatic rings. The van der Waals surface area contributed by atoms with Gasteiger partial charge in [-0.05, 0) is 80.3 Å². The molecule has 2 fully saturated rings. The normalized spacial score (nSPS) is 15.3. The van der Waals surface area contributed by atoms with Crippen molar-refractivity contribution in [3.05, 3.63) is 89.8 Å². The lowest BCUT2D eigenvalue weighted by molar-refractivity contribution is -0.885. The van der Waals surface area contributed by atoms with E-state index in [1.165, 1.54) is 81.7 Å². The summed E-state index contributed by atoms with van der Waals surface area (Å²) in [7, 11) is 0. The van der Waals surface area contributed by atoms with Gasteiger partial charge in [-0.15, -0.1) is 0 Å². The molecule has 0 amide bonds. The van der Waals surface area contributed by atoms with Crippen LogP contribution in [0.5, 0.6) is 0 Å². The number of carboxylic acids is 1. The standard InChI is InChI=1S/C13H17N3.C7H5ClO2.C7H6N2O.C6H13N/c1-2-4-11(5-3-1)15-12-7-6-10-8-9-14-13(10)16-12;8-6-3-1-2-5(4-6)7(9)10;10-9-5-1-2-6-3-4-8-7(6)9;7-6-4-2-1-3-5-6/h6-9,11H,1-5H2,(H2,14,15,16);1-4H,(H,9,10);1-5,10H;6H,1-5,7H2/p+1. The summed E-state index contributed by atoms with van der Waals surface area (Å²) in [5.74, 6) is 0.0457. The zero-order valence-electron chi connectivity index (χ0n) is 24.4. The number of halogens is 1. The average Bonchev–Trinajstić information content (AvgIpc) is 3.70. The number of nitrogens with one attached hydrogen (secondary N) is 3. The predicted octanol–water partition coefficient (Wildman–Crippen LogP) is 7.32. The third-order valence-corrected chi connectivity index (χ3v) is 7.81. The molecule has 0 unspecified atom stereocenters. The summed E-state index contributed by atoms with van der Waals surface area (Å²) in [5.41, 5.74) is 7.55. The number of rotatable bonds is 3. The highest BCUT2D eigenvalue weighted by atomic mass is 35.5. The van der Waals surface area contributed by atoms with Crippen molar-refractivity contribution in [3.63, 3.8) is 0 Å². The lowest BCUT2D eigenvalue weighted by atomic mass is 9.95. The molecule has 4 aromatic heterocycles. The Labute approximate surface area is 257 Å². The third-order valence-electron chi connectivity index (χ3n) is 7.58. The van der Waals surface area contributed by atoms with E-state index < -0.39 is 5.97 Å². The summed E-state index contributed by atoms with van der Waals surface area (Å²) >= 11 is 5.53. The molecule has 0 aliphatic heterocycles. The Hall–Kier alpha value is -4.08. The van der Waals surface area contributed by atoms with Crippen molar-refractivity contribution >= 4 is 45.5 Å². The van der Waals surface area contributed by atoms with Crippen LogP contribution in [0.4, 0.5) is 5.82 Å². The first-order chi connectivity index (χ1) is 20.9. The fourth-order valence-electron chi connectivity index (χ4n) is 5.23. The third kappa shape index (κ3) is 10.3. The van der Waals surface area contributed by atoms with Crippen LogP contribution in [-0.2, 0) is 0 Å². The van der Waals surface area contributed by atoms with Gasteiger partial charge in [0.1, 0.15) is 17.7 Å². The summed E-state index contributed by atoms with van der Waals surface area (Å²) in [4.78, 5) is 20.9. The summed E-state index contributed by atoms with van der Waals surface area (Å²) in [6.45, 7) is 0.